The molecule has 2 aliphatic heterocycles. The van der Waals surface area contributed by atoms with Gasteiger partial charge in [-0.1, -0.05) is 18.2 Å². The summed E-state index contributed by atoms with van der Waals surface area (Å²) in [7, 11) is 0. The van der Waals surface area contributed by atoms with E-state index in [1.54, 1.807) is 0 Å². The van der Waals surface area contributed by atoms with Crippen LogP contribution in [-0.4, -0.2) is 42.4 Å². The molecule has 1 N–H and O–H groups in total. The van der Waals surface area contributed by atoms with Gasteiger partial charge in [-0.3, -0.25) is 4.79 Å². The predicted molar refractivity (Wildman–Crippen MR) is 100 cm³/mol. The minimum atomic E-state index is -0.126. The van der Waals surface area contributed by atoms with E-state index in [9.17, 15) is 4.79 Å². The lowest BCUT2D eigenvalue weighted by Gasteiger charge is -2.43. The van der Waals surface area contributed by atoms with Crippen molar-refractivity contribution >= 4 is 5.91 Å². The zero-order valence-corrected chi connectivity index (χ0v) is 15.7. The molecular weight excluding hydrogens is 344 g/mol. The summed E-state index contributed by atoms with van der Waals surface area (Å²) < 4.78 is 17.3. The molecule has 6 heteroatoms. The van der Waals surface area contributed by atoms with Crippen LogP contribution in [0.3, 0.4) is 0 Å². The molecule has 2 fully saturated rings. The highest BCUT2D eigenvalue weighted by Crippen LogP contribution is 2.34. The molecule has 1 unspecified atom stereocenters. The van der Waals surface area contributed by atoms with Crippen LogP contribution in [0.5, 0.6) is 0 Å². The minimum absolute atomic E-state index is 0.0138. The first-order valence-corrected chi connectivity index (χ1v) is 9.66. The standard InChI is InChI=1S/C21H26N2O4/c1-15-18(23-20(27-15)16-5-3-2-4-6-16)13-19(24)22-17-7-10-26-21(14-17)8-11-25-12-9-21/h2-6,17H,7-14H2,1H3,(H,22,24). The first kappa shape index (κ1) is 18.2. The number of nitrogens with one attached hydrogen (secondary N) is 1. The summed E-state index contributed by atoms with van der Waals surface area (Å²) in [5.74, 6) is 1.24. The van der Waals surface area contributed by atoms with Gasteiger partial charge in [0.2, 0.25) is 11.8 Å². The van der Waals surface area contributed by atoms with Gasteiger partial charge < -0.3 is 19.2 Å². The van der Waals surface area contributed by atoms with Gasteiger partial charge in [0, 0.05) is 31.4 Å². The average Bonchev–Trinajstić information content (AvgIpc) is 3.03. The molecule has 0 aliphatic carbocycles. The number of aryl methyl sites for hydroxylation is 1. The number of amides is 1. The molecule has 1 amide bonds. The molecule has 0 bridgehead atoms. The van der Waals surface area contributed by atoms with E-state index in [-0.39, 0.29) is 24.0 Å². The maximum atomic E-state index is 12.6. The van der Waals surface area contributed by atoms with Crippen LogP contribution in [0.2, 0.25) is 0 Å². The molecule has 1 spiro atoms. The molecule has 3 heterocycles. The predicted octanol–water partition coefficient (Wildman–Crippen LogP) is 3.04. The van der Waals surface area contributed by atoms with Crippen molar-refractivity contribution in [3.63, 3.8) is 0 Å². The minimum Gasteiger partial charge on any atom is -0.441 e. The lowest BCUT2D eigenvalue weighted by Crippen LogP contribution is -2.51. The fraction of sp³-hybridized carbons (Fsp3) is 0.524. The van der Waals surface area contributed by atoms with Crippen molar-refractivity contribution in [1.82, 2.24) is 10.3 Å². The third-order valence-corrected chi connectivity index (χ3v) is 5.50. The Hall–Kier alpha value is -2.18. The van der Waals surface area contributed by atoms with E-state index in [1.165, 1.54) is 0 Å². The molecule has 1 aromatic heterocycles. The lowest BCUT2D eigenvalue weighted by atomic mass is 9.84. The third-order valence-electron chi connectivity index (χ3n) is 5.50. The van der Waals surface area contributed by atoms with E-state index in [0.717, 1.165) is 44.5 Å². The number of carbonyl (C=O) groups is 1. The Morgan fingerprint density at radius 3 is 2.78 bits per heavy atom. The number of aromatic nitrogens is 1. The van der Waals surface area contributed by atoms with Gasteiger partial charge in [-0.05, 0) is 44.7 Å². The van der Waals surface area contributed by atoms with Crippen molar-refractivity contribution in [3.8, 4) is 11.5 Å². The van der Waals surface area contributed by atoms with E-state index in [4.69, 9.17) is 13.9 Å². The van der Waals surface area contributed by atoms with Gasteiger partial charge in [0.15, 0.2) is 0 Å². The second-order valence-corrected chi connectivity index (χ2v) is 7.47. The first-order chi connectivity index (χ1) is 13.1. The average molecular weight is 370 g/mol. The second-order valence-electron chi connectivity index (χ2n) is 7.47. The molecule has 1 atom stereocenters. The van der Waals surface area contributed by atoms with Crippen LogP contribution in [0.4, 0.5) is 0 Å². The number of benzene rings is 1. The molecule has 4 rings (SSSR count). The highest BCUT2D eigenvalue weighted by molar-refractivity contribution is 5.78. The third kappa shape index (κ3) is 4.22. The maximum Gasteiger partial charge on any atom is 0.226 e. The Morgan fingerprint density at radius 1 is 1.22 bits per heavy atom. The smallest absolute Gasteiger partial charge is 0.226 e. The van der Waals surface area contributed by atoms with Crippen LogP contribution < -0.4 is 5.32 Å². The van der Waals surface area contributed by atoms with Gasteiger partial charge in [-0.2, -0.15) is 0 Å². The van der Waals surface area contributed by atoms with Crippen LogP contribution >= 0.6 is 0 Å². The van der Waals surface area contributed by atoms with Crippen molar-refractivity contribution in [2.45, 2.75) is 50.7 Å². The molecule has 6 nitrogen and oxygen atoms in total. The van der Waals surface area contributed by atoms with E-state index in [1.807, 2.05) is 37.3 Å². The molecule has 0 radical (unpaired) electrons. The van der Waals surface area contributed by atoms with Crippen LogP contribution in [0.15, 0.2) is 34.7 Å². The summed E-state index contributed by atoms with van der Waals surface area (Å²) in [5.41, 5.74) is 1.48. The largest absolute Gasteiger partial charge is 0.441 e. The highest BCUT2D eigenvalue weighted by atomic mass is 16.5. The number of hydrogen-bond acceptors (Lipinski definition) is 5. The van der Waals surface area contributed by atoms with Crippen LogP contribution in [-0.2, 0) is 20.7 Å². The Labute approximate surface area is 159 Å². The van der Waals surface area contributed by atoms with Crippen molar-refractivity contribution < 1.29 is 18.7 Å². The van der Waals surface area contributed by atoms with E-state index < -0.39 is 0 Å². The van der Waals surface area contributed by atoms with Crippen molar-refractivity contribution in [3.05, 3.63) is 41.8 Å². The summed E-state index contributed by atoms with van der Waals surface area (Å²) in [5, 5.41) is 3.17. The van der Waals surface area contributed by atoms with E-state index in [2.05, 4.69) is 10.3 Å². The van der Waals surface area contributed by atoms with Crippen LogP contribution in [0.1, 0.15) is 37.1 Å². The summed E-state index contributed by atoms with van der Waals surface area (Å²) in [4.78, 5) is 17.1. The molecule has 144 valence electrons. The quantitative estimate of drug-likeness (QED) is 0.895. The fourth-order valence-electron chi connectivity index (χ4n) is 3.97. The lowest BCUT2D eigenvalue weighted by molar-refractivity contribution is -0.143. The molecular formula is C21H26N2O4. The highest BCUT2D eigenvalue weighted by Gasteiger charge is 2.39. The topological polar surface area (TPSA) is 73.6 Å². The summed E-state index contributed by atoms with van der Waals surface area (Å²) in [6.07, 6.45) is 3.75. The second kappa shape index (κ2) is 7.82. The van der Waals surface area contributed by atoms with Gasteiger partial charge in [-0.25, -0.2) is 4.98 Å². The Morgan fingerprint density at radius 2 is 2.00 bits per heavy atom. The molecule has 2 aliphatic rings. The molecule has 0 saturated carbocycles. The maximum absolute atomic E-state index is 12.6. The van der Waals surface area contributed by atoms with Crippen molar-refractivity contribution in [1.29, 1.82) is 0 Å². The molecule has 2 saturated heterocycles. The van der Waals surface area contributed by atoms with Gasteiger partial charge >= 0.3 is 0 Å². The number of carbonyl (C=O) groups excluding carboxylic acids is 1. The normalized spacial score (nSPS) is 21.9. The molecule has 2 aromatic rings. The number of rotatable bonds is 4. The van der Waals surface area contributed by atoms with Crippen molar-refractivity contribution in [2.75, 3.05) is 19.8 Å². The van der Waals surface area contributed by atoms with Crippen molar-refractivity contribution in [2.24, 2.45) is 0 Å². The molecule has 27 heavy (non-hydrogen) atoms. The Balaban J connectivity index is 1.37. The summed E-state index contributed by atoms with van der Waals surface area (Å²) in [6.45, 7) is 4.02. The SMILES string of the molecule is Cc1oc(-c2ccccc2)nc1CC(=O)NC1CCOC2(CCOCC2)C1. The number of nitrogens with zero attached hydrogens (tertiary/aromatic N) is 1. The zero-order valence-electron chi connectivity index (χ0n) is 15.7. The number of oxazole rings is 1. The van der Waals surface area contributed by atoms with Gasteiger partial charge in [0.1, 0.15) is 5.76 Å². The van der Waals surface area contributed by atoms with Gasteiger partial charge in [-0.15, -0.1) is 0 Å². The fourth-order valence-corrected chi connectivity index (χ4v) is 3.97. The Kier molecular flexibility index (Phi) is 5.27. The van der Waals surface area contributed by atoms with Crippen LogP contribution in [0.25, 0.3) is 11.5 Å². The van der Waals surface area contributed by atoms with E-state index >= 15 is 0 Å². The van der Waals surface area contributed by atoms with Crippen LogP contribution in [0, 0.1) is 6.92 Å². The Bertz CT molecular complexity index is 775. The monoisotopic (exact) mass is 370 g/mol. The van der Waals surface area contributed by atoms with Gasteiger partial charge in [0.25, 0.3) is 0 Å². The number of hydrogen-bond donors (Lipinski definition) is 1. The molecule has 1 aromatic carbocycles. The summed E-state index contributed by atoms with van der Waals surface area (Å²) in [6, 6.07) is 9.88. The zero-order chi connectivity index (χ0) is 18.7. The van der Waals surface area contributed by atoms with Gasteiger partial charge in [0.05, 0.1) is 17.7 Å². The van der Waals surface area contributed by atoms with E-state index in [0.29, 0.717) is 24.0 Å². The first-order valence-electron chi connectivity index (χ1n) is 9.66. The number of ether oxygens (including phenoxy) is 2. The summed E-state index contributed by atoms with van der Waals surface area (Å²) >= 11 is 0.